The maximum atomic E-state index is 13.8. The summed E-state index contributed by atoms with van der Waals surface area (Å²) in [4.78, 5) is 39.9. The summed E-state index contributed by atoms with van der Waals surface area (Å²) in [6.07, 6.45) is 4.98. The smallest absolute Gasteiger partial charge is 0.282 e. The number of aryl methyl sites for hydroxylation is 1. The average molecular weight is 549 g/mol. The number of benzene rings is 2. The summed E-state index contributed by atoms with van der Waals surface area (Å²) in [6.45, 7) is 3.80. The molecule has 4 aromatic heterocycles. The number of nitrogens with zero attached hydrogens (tertiary/aromatic N) is 6. The van der Waals surface area contributed by atoms with Crippen LogP contribution < -0.4 is 10.9 Å². The van der Waals surface area contributed by atoms with Gasteiger partial charge >= 0.3 is 0 Å². The molecular weight excluding hydrogens is 520 g/mol. The Hall–Kier alpha value is -5.45. The van der Waals surface area contributed by atoms with Crippen LogP contribution in [0.2, 0.25) is 0 Å². The van der Waals surface area contributed by atoms with Crippen LogP contribution in [0, 0.1) is 6.92 Å². The van der Waals surface area contributed by atoms with Crippen molar-refractivity contribution in [3.63, 3.8) is 0 Å². The van der Waals surface area contributed by atoms with E-state index in [2.05, 4.69) is 20.3 Å². The van der Waals surface area contributed by atoms with Gasteiger partial charge in [0.1, 0.15) is 29.1 Å². The molecular formula is C30H28N8O3. The van der Waals surface area contributed by atoms with Crippen molar-refractivity contribution >= 4 is 28.3 Å². The molecule has 2 aromatic carbocycles. The third-order valence-corrected chi connectivity index (χ3v) is 7.02. The number of fused-ring (bicyclic) bond motifs is 2. The molecule has 0 aliphatic heterocycles. The lowest BCUT2D eigenvalue weighted by molar-refractivity contribution is 0.0827. The van der Waals surface area contributed by atoms with Crippen molar-refractivity contribution in [3.8, 4) is 22.6 Å². The Morgan fingerprint density at radius 2 is 1.88 bits per heavy atom. The fourth-order valence-corrected chi connectivity index (χ4v) is 5.06. The number of anilines is 1. The van der Waals surface area contributed by atoms with Gasteiger partial charge in [-0.15, -0.1) is 0 Å². The second-order valence-corrected chi connectivity index (χ2v) is 10.1. The lowest BCUT2D eigenvalue weighted by atomic mass is 10.0. The molecule has 41 heavy (non-hydrogen) atoms. The number of carbonyl (C=O) groups excluding carboxylic acids is 1. The predicted octanol–water partition coefficient (Wildman–Crippen LogP) is 4.31. The Morgan fingerprint density at radius 3 is 2.63 bits per heavy atom. The maximum Gasteiger partial charge on any atom is 0.282 e. The van der Waals surface area contributed by atoms with Crippen LogP contribution in [0.5, 0.6) is 5.75 Å². The summed E-state index contributed by atoms with van der Waals surface area (Å²) in [5.74, 6) is 0.726. The summed E-state index contributed by atoms with van der Waals surface area (Å²) >= 11 is 0. The first kappa shape index (κ1) is 25.8. The standard InChI is InChI=1S/C30H28N8O3/c1-17-10-11-37-25(17)30(41)38(21-8-6-5-7-9-21)28(35-37)18(2)34-27-24-23(15-31-26(24)32-16-33-27)19-12-20(14-22(39)13-19)29(40)36(3)4/h5-16,18,39H,1-4H3,(H2,31,32,33,34)/t18-/m0/s1. The third kappa shape index (κ3) is 4.46. The molecule has 11 nitrogen and oxygen atoms in total. The number of rotatable bonds is 6. The van der Waals surface area contributed by atoms with Gasteiger partial charge in [0.15, 0.2) is 5.82 Å². The van der Waals surface area contributed by atoms with E-state index in [1.54, 1.807) is 47.7 Å². The minimum Gasteiger partial charge on any atom is -0.508 e. The molecule has 0 unspecified atom stereocenters. The van der Waals surface area contributed by atoms with Gasteiger partial charge in [-0.1, -0.05) is 18.2 Å². The molecule has 1 atom stereocenters. The second-order valence-electron chi connectivity index (χ2n) is 10.1. The van der Waals surface area contributed by atoms with Gasteiger partial charge in [-0.3, -0.25) is 14.2 Å². The highest BCUT2D eigenvalue weighted by Gasteiger charge is 2.22. The highest BCUT2D eigenvalue weighted by atomic mass is 16.3. The summed E-state index contributed by atoms with van der Waals surface area (Å²) in [5.41, 5.74) is 4.11. The van der Waals surface area contributed by atoms with E-state index in [9.17, 15) is 14.7 Å². The monoisotopic (exact) mass is 548 g/mol. The molecule has 11 heteroatoms. The SMILES string of the molecule is Cc1ccn2nc([C@H](C)Nc3ncnc4[nH]cc(-c5cc(O)cc(C(=O)N(C)C)c5)c34)n(-c3ccccc3)c(=O)c12. The van der Waals surface area contributed by atoms with Gasteiger partial charge in [0.05, 0.1) is 17.1 Å². The Balaban J connectivity index is 1.48. The van der Waals surface area contributed by atoms with Gasteiger partial charge in [0.25, 0.3) is 11.5 Å². The van der Waals surface area contributed by atoms with E-state index in [0.717, 1.165) is 5.56 Å². The minimum atomic E-state index is -0.467. The zero-order valence-electron chi connectivity index (χ0n) is 23.0. The van der Waals surface area contributed by atoms with Crippen LogP contribution in [-0.2, 0) is 0 Å². The quantitative estimate of drug-likeness (QED) is 0.282. The van der Waals surface area contributed by atoms with Gasteiger partial charge in [-0.2, -0.15) is 5.10 Å². The van der Waals surface area contributed by atoms with E-state index in [1.165, 1.54) is 17.3 Å². The minimum absolute atomic E-state index is 0.0341. The molecule has 0 saturated heterocycles. The fourth-order valence-electron chi connectivity index (χ4n) is 5.06. The first-order chi connectivity index (χ1) is 19.7. The van der Waals surface area contributed by atoms with Crippen LogP contribution in [0.4, 0.5) is 5.82 Å². The van der Waals surface area contributed by atoms with Crippen molar-refractivity contribution in [3.05, 3.63) is 101 Å². The number of hydrogen-bond donors (Lipinski definition) is 3. The number of hydrogen-bond acceptors (Lipinski definition) is 7. The van der Waals surface area contributed by atoms with Crippen LogP contribution in [0.15, 0.2) is 78.1 Å². The zero-order chi connectivity index (χ0) is 28.8. The van der Waals surface area contributed by atoms with Crippen LogP contribution in [0.25, 0.3) is 33.4 Å². The first-order valence-electron chi connectivity index (χ1n) is 13.0. The number of para-hydroxylation sites is 1. The lowest BCUT2D eigenvalue weighted by Crippen LogP contribution is -2.29. The van der Waals surface area contributed by atoms with E-state index < -0.39 is 6.04 Å². The predicted molar refractivity (Wildman–Crippen MR) is 157 cm³/mol. The molecule has 6 aromatic rings. The van der Waals surface area contributed by atoms with Gasteiger partial charge in [-0.25, -0.2) is 14.5 Å². The highest BCUT2D eigenvalue weighted by Crippen LogP contribution is 2.35. The summed E-state index contributed by atoms with van der Waals surface area (Å²) in [6, 6.07) is 15.5. The van der Waals surface area contributed by atoms with E-state index >= 15 is 0 Å². The number of phenols is 1. The molecule has 3 N–H and O–H groups in total. The molecule has 0 bridgehead atoms. The highest BCUT2D eigenvalue weighted by molar-refractivity contribution is 6.03. The Kier molecular flexibility index (Phi) is 6.26. The number of nitrogens with one attached hydrogen (secondary N) is 2. The number of amides is 1. The van der Waals surface area contributed by atoms with Crippen molar-refractivity contribution in [1.29, 1.82) is 0 Å². The molecule has 0 saturated carbocycles. The number of aromatic hydroxyl groups is 1. The Labute approximate surface area is 234 Å². The Bertz CT molecular complexity index is 1990. The Morgan fingerprint density at radius 1 is 1.10 bits per heavy atom. The molecule has 4 heterocycles. The maximum absolute atomic E-state index is 13.8. The van der Waals surface area contributed by atoms with E-state index in [4.69, 9.17) is 5.10 Å². The molecule has 0 spiro atoms. The third-order valence-electron chi connectivity index (χ3n) is 7.02. The number of aromatic amines is 1. The summed E-state index contributed by atoms with van der Waals surface area (Å²) in [5, 5.41) is 19.4. The fraction of sp³-hybridized carbons (Fsp3) is 0.167. The number of phenolic OH excluding ortho intramolecular Hbond substituents is 1. The van der Waals surface area contributed by atoms with Gasteiger partial charge in [0, 0.05) is 37.6 Å². The lowest BCUT2D eigenvalue weighted by Gasteiger charge is -2.20. The first-order valence-corrected chi connectivity index (χ1v) is 13.0. The van der Waals surface area contributed by atoms with Gasteiger partial charge in [-0.05, 0) is 61.4 Å². The van der Waals surface area contributed by atoms with Crippen molar-refractivity contribution in [2.45, 2.75) is 19.9 Å². The van der Waals surface area contributed by atoms with Crippen LogP contribution in [0.3, 0.4) is 0 Å². The van der Waals surface area contributed by atoms with Gasteiger partial charge in [0.2, 0.25) is 0 Å². The average Bonchev–Trinajstić information content (AvgIpc) is 3.57. The molecule has 0 fully saturated rings. The number of aromatic nitrogens is 6. The van der Waals surface area contributed by atoms with Crippen molar-refractivity contribution in [2.75, 3.05) is 19.4 Å². The van der Waals surface area contributed by atoms with Crippen LogP contribution >= 0.6 is 0 Å². The second kappa shape index (κ2) is 9.94. The molecule has 206 valence electrons. The normalized spacial score (nSPS) is 12.1. The van der Waals surface area contributed by atoms with E-state index in [1.807, 2.05) is 50.2 Å². The molecule has 1 amide bonds. The number of H-pyrrole nitrogens is 1. The van der Waals surface area contributed by atoms with Gasteiger partial charge < -0.3 is 20.3 Å². The van der Waals surface area contributed by atoms with Crippen molar-refractivity contribution in [2.24, 2.45) is 0 Å². The zero-order valence-corrected chi connectivity index (χ0v) is 23.0. The summed E-state index contributed by atoms with van der Waals surface area (Å²) in [7, 11) is 3.31. The molecule has 0 radical (unpaired) electrons. The van der Waals surface area contributed by atoms with Crippen molar-refractivity contribution < 1.29 is 9.90 Å². The molecule has 0 aliphatic rings. The van der Waals surface area contributed by atoms with Crippen LogP contribution in [-0.4, -0.2) is 59.1 Å². The van der Waals surface area contributed by atoms with E-state index in [-0.39, 0.29) is 17.2 Å². The molecule has 0 aliphatic carbocycles. The topological polar surface area (TPSA) is 133 Å². The van der Waals surface area contributed by atoms with Crippen LogP contribution in [0.1, 0.15) is 34.7 Å². The summed E-state index contributed by atoms with van der Waals surface area (Å²) < 4.78 is 3.22. The van der Waals surface area contributed by atoms with Crippen molar-refractivity contribution in [1.82, 2.24) is 34.0 Å². The largest absolute Gasteiger partial charge is 0.508 e. The van der Waals surface area contributed by atoms with E-state index in [0.29, 0.717) is 50.6 Å². The number of carbonyl (C=O) groups is 1. The molecule has 6 rings (SSSR count).